The SMILES string of the molecule is COC(=O)c1cccc(-c2ccncc2)c1N. The van der Waals surface area contributed by atoms with Gasteiger partial charge in [-0.2, -0.15) is 0 Å². The maximum Gasteiger partial charge on any atom is 0.339 e. The van der Waals surface area contributed by atoms with E-state index in [1.54, 1.807) is 24.5 Å². The van der Waals surface area contributed by atoms with E-state index in [1.807, 2.05) is 18.2 Å². The number of rotatable bonds is 2. The number of hydrogen-bond acceptors (Lipinski definition) is 4. The number of hydrogen-bond donors (Lipinski definition) is 1. The number of para-hydroxylation sites is 1. The van der Waals surface area contributed by atoms with E-state index in [0.29, 0.717) is 11.3 Å². The van der Waals surface area contributed by atoms with Crippen LogP contribution in [0.4, 0.5) is 5.69 Å². The van der Waals surface area contributed by atoms with E-state index in [0.717, 1.165) is 11.1 Å². The molecule has 2 aromatic rings. The summed E-state index contributed by atoms with van der Waals surface area (Å²) >= 11 is 0. The molecule has 4 heteroatoms. The highest BCUT2D eigenvalue weighted by atomic mass is 16.5. The minimum absolute atomic E-state index is 0.377. The van der Waals surface area contributed by atoms with E-state index in [4.69, 9.17) is 5.73 Å². The highest BCUT2D eigenvalue weighted by Crippen LogP contribution is 2.28. The molecule has 0 aliphatic carbocycles. The van der Waals surface area contributed by atoms with Crippen LogP contribution in [0.1, 0.15) is 10.4 Å². The number of nitrogens with zero attached hydrogens (tertiary/aromatic N) is 1. The van der Waals surface area contributed by atoms with Crippen LogP contribution in [0.15, 0.2) is 42.7 Å². The van der Waals surface area contributed by atoms with Crippen molar-refractivity contribution in [3.05, 3.63) is 48.3 Å². The Hall–Kier alpha value is -2.36. The van der Waals surface area contributed by atoms with Crippen LogP contribution in [-0.4, -0.2) is 18.1 Å². The van der Waals surface area contributed by atoms with Gasteiger partial charge >= 0.3 is 5.97 Å². The summed E-state index contributed by atoms with van der Waals surface area (Å²) in [7, 11) is 1.33. The lowest BCUT2D eigenvalue weighted by molar-refractivity contribution is 0.0602. The minimum Gasteiger partial charge on any atom is -0.465 e. The van der Waals surface area contributed by atoms with E-state index >= 15 is 0 Å². The zero-order valence-electron chi connectivity index (χ0n) is 9.38. The van der Waals surface area contributed by atoms with E-state index in [9.17, 15) is 4.79 Å². The van der Waals surface area contributed by atoms with Crippen LogP contribution in [0.2, 0.25) is 0 Å². The molecule has 0 bridgehead atoms. The summed E-state index contributed by atoms with van der Waals surface area (Å²) in [5.41, 5.74) is 8.49. The van der Waals surface area contributed by atoms with Gasteiger partial charge in [0.05, 0.1) is 18.4 Å². The molecule has 0 amide bonds. The number of carbonyl (C=O) groups excluding carboxylic acids is 1. The number of carbonyl (C=O) groups is 1. The lowest BCUT2D eigenvalue weighted by Gasteiger charge is -2.09. The summed E-state index contributed by atoms with van der Waals surface area (Å²) in [5.74, 6) is -0.432. The van der Waals surface area contributed by atoms with Gasteiger partial charge in [0, 0.05) is 18.0 Å². The summed E-state index contributed by atoms with van der Waals surface area (Å²) in [6.07, 6.45) is 3.36. The van der Waals surface area contributed by atoms with Crippen molar-refractivity contribution in [2.45, 2.75) is 0 Å². The van der Waals surface area contributed by atoms with Crippen LogP contribution in [0.25, 0.3) is 11.1 Å². The first kappa shape index (κ1) is 11.1. The Kier molecular flexibility index (Phi) is 3.05. The fraction of sp³-hybridized carbons (Fsp3) is 0.0769. The first-order chi connectivity index (χ1) is 8.24. The van der Waals surface area contributed by atoms with Crippen LogP contribution >= 0.6 is 0 Å². The third kappa shape index (κ3) is 2.10. The first-order valence-electron chi connectivity index (χ1n) is 5.11. The summed E-state index contributed by atoms with van der Waals surface area (Å²) in [5, 5.41) is 0. The molecular weight excluding hydrogens is 216 g/mol. The number of benzene rings is 1. The van der Waals surface area contributed by atoms with Crippen molar-refractivity contribution in [3.63, 3.8) is 0 Å². The maximum absolute atomic E-state index is 11.5. The van der Waals surface area contributed by atoms with Gasteiger partial charge in [0.1, 0.15) is 0 Å². The van der Waals surface area contributed by atoms with Crippen molar-refractivity contribution in [1.82, 2.24) is 4.98 Å². The molecule has 0 saturated heterocycles. The second-order valence-electron chi connectivity index (χ2n) is 3.49. The number of methoxy groups -OCH3 is 1. The van der Waals surface area contributed by atoms with Gasteiger partial charge in [-0.3, -0.25) is 4.98 Å². The Morgan fingerprint density at radius 1 is 1.24 bits per heavy atom. The van der Waals surface area contributed by atoms with E-state index in [1.165, 1.54) is 7.11 Å². The number of esters is 1. The molecule has 0 unspecified atom stereocenters. The largest absolute Gasteiger partial charge is 0.465 e. The summed E-state index contributed by atoms with van der Waals surface area (Å²) < 4.78 is 4.68. The van der Waals surface area contributed by atoms with E-state index < -0.39 is 5.97 Å². The molecule has 1 aromatic heterocycles. The van der Waals surface area contributed by atoms with Crippen LogP contribution in [0.3, 0.4) is 0 Å². The third-order valence-electron chi connectivity index (χ3n) is 2.50. The number of nitrogens with two attached hydrogens (primary N) is 1. The molecule has 86 valence electrons. The number of ether oxygens (including phenoxy) is 1. The number of nitrogen functional groups attached to an aromatic ring is 1. The van der Waals surface area contributed by atoms with Crippen molar-refractivity contribution < 1.29 is 9.53 Å². The normalized spacial score (nSPS) is 9.94. The van der Waals surface area contributed by atoms with Crippen molar-refractivity contribution in [3.8, 4) is 11.1 Å². The van der Waals surface area contributed by atoms with Crippen molar-refractivity contribution >= 4 is 11.7 Å². The van der Waals surface area contributed by atoms with Gasteiger partial charge in [-0.15, -0.1) is 0 Å². The minimum atomic E-state index is -0.432. The average molecular weight is 228 g/mol. The topological polar surface area (TPSA) is 65.2 Å². The molecule has 0 fully saturated rings. The number of aromatic nitrogens is 1. The fourth-order valence-corrected chi connectivity index (χ4v) is 1.64. The lowest BCUT2D eigenvalue weighted by atomic mass is 10.0. The molecule has 0 aliphatic rings. The van der Waals surface area contributed by atoms with Crippen LogP contribution < -0.4 is 5.73 Å². The Morgan fingerprint density at radius 2 is 1.94 bits per heavy atom. The highest BCUT2D eigenvalue weighted by Gasteiger charge is 2.13. The Labute approximate surface area is 99.1 Å². The first-order valence-corrected chi connectivity index (χ1v) is 5.11. The molecule has 2 N–H and O–H groups in total. The second kappa shape index (κ2) is 4.65. The molecule has 1 heterocycles. The molecule has 0 saturated carbocycles. The van der Waals surface area contributed by atoms with E-state index in [-0.39, 0.29) is 0 Å². The molecule has 0 radical (unpaired) electrons. The zero-order valence-corrected chi connectivity index (χ0v) is 9.38. The second-order valence-corrected chi connectivity index (χ2v) is 3.49. The predicted molar refractivity (Wildman–Crippen MR) is 65.4 cm³/mol. The smallest absolute Gasteiger partial charge is 0.339 e. The Morgan fingerprint density at radius 3 is 2.59 bits per heavy atom. The molecule has 1 aromatic carbocycles. The maximum atomic E-state index is 11.5. The summed E-state index contributed by atoms with van der Waals surface area (Å²) in [4.78, 5) is 15.4. The lowest BCUT2D eigenvalue weighted by Crippen LogP contribution is -2.06. The fourth-order valence-electron chi connectivity index (χ4n) is 1.64. The standard InChI is InChI=1S/C13H12N2O2/c1-17-13(16)11-4-2-3-10(12(11)14)9-5-7-15-8-6-9/h2-8H,14H2,1H3. The quantitative estimate of drug-likeness (QED) is 0.631. The van der Waals surface area contributed by atoms with Crippen LogP contribution in [-0.2, 0) is 4.74 Å². The van der Waals surface area contributed by atoms with Gasteiger partial charge in [-0.05, 0) is 23.8 Å². The monoisotopic (exact) mass is 228 g/mol. The molecule has 2 rings (SSSR count). The molecule has 0 spiro atoms. The van der Waals surface area contributed by atoms with Gasteiger partial charge in [0.2, 0.25) is 0 Å². The van der Waals surface area contributed by atoms with Gasteiger partial charge < -0.3 is 10.5 Å². The molecule has 0 atom stereocenters. The third-order valence-corrected chi connectivity index (χ3v) is 2.50. The average Bonchev–Trinajstić information content (AvgIpc) is 2.39. The van der Waals surface area contributed by atoms with Gasteiger partial charge in [-0.1, -0.05) is 12.1 Å². The summed E-state index contributed by atoms with van der Waals surface area (Å²) in [6, 6.07) is 8.96. The van der Waals surface area contributed by atoms with Crippen molar-refractivity contribution in [2.75, 3.05) is 12.8 Å². The van der Waals surface area contributed by atoms with Crippen molar-refractivity contribution in [2.24, 2.45) is 0 Å². The zero-order chi connectivity index (χ0) is 12.3. The Balaban J connectivity index is 2.54. The highest BCUT2D eigenvalue weighted by molar-refractivity contribution is 5.99. The summed E-state index contributed by atoms with van der Waals surface area (Å²) in [6.45, 7) is 0. The van der Waals surface area contributed by atoms with Crippen LogP contribution in [0, 0.1) is 0 Å². The van der Waals surface area contributed by atoms with E-state index in [2.05, 4.69) is 9.72 Å². The number of anilines is 1. The molecule has 17 heavy (non-hydrogen) atoms. The van der Waals surface area contributed by atoms with Gasteiger partial charge in [0.15, 0.2) is 0 Å². The molecule has 0 aliphatic heterocycles. The van der Waals surface area contributed by atoms with Crippen LogP contribution in [0.5, 0.6) is 0 Å². The number of pyridine rings is 1. The Bertz CT molecular complexity index is 538. The molecular formula is C13H12N2O2. The van der Waals surface area contributed by atoms with Crippen molar-refractivity contribution in [1.29, 1.82) is 0 Å². The molecule has 4 nitrogen and oxygen atoms in total. The van der Waals surface area contributed by atoms with Gasteiger partial charge in [0.25, 0.3) is 0 Å². The van der Waals surface area contributed by atoms with Gasteiger partial charge in [-0.25, -0.2) is 4.79 Å². The predicted octanol–water partition coefficient (Wildman–Crippen LogP) is 2.12.